The Kier molecular flexibility index (Phi) is 4.81. The lowest BCUT2D eigenvalue weighted by molar-refractivity contribution is 0.173. The van der Waals surface area contributed by atoms with Gasteiger partial charge in [-0.25, -0.2) is 14.2 Å². The number of hydrogen-bond acceptors (Lipinski definition) is 6. The SMILES string of the molecule is [B]C([B])([B])C([B])([B])Oc1ccnc2[nH]c(=O)n(-c3cc4c5c(cnc4cc3F)OCCO5)c12. The number of rotatable bonds is 4. The predicted octanol–water partition coefficient (Wildman–Crippen LogP) is 0.121. The summed E-state index contributed by atoms with van der Waals surface area (Å²) in [5.74, 6) is -0.0231. The molecule has 0 saturated heterocycles. The van der Waals surface area contributed by atoms with Crippen LogP contribution in [0, 0.1) is 5.82 Å². The molecular weight excluding hydrogens is 421 g/mol. The van der Waals surface area contributed by atoms with E-state index in [0.717, 1.165) is 4.57 Å². The molecule has 152 valence electrons. The molecule has 1 aromatic carbocycles. The Labute approximate surface area is 193 Å². The molecule has 0 bridgehead atoms. The molecule has 3 aromatic heterocycles. The van der Waals surface area contributed by atoms with Crippen molar-refractivity contribution >= 4 is 61.3 Å². The number of ether oxygens (including phenoxy) is 3. The first-order chi connectivity index (χ1) is 15.6. The van der Waals surface area contributed by atoms with Gasteiger partial charge in [0.25, 0.3) is 0 Å². The lowest BCUT2D eigenvalue weighted by atomic mass is 9.28. The lowest BCUT2D eigenvalue weighted by Gasteiger charge is -2.42. The largest absolute Gasteiger partial charge is 0.506 e. The molecule has 33 heavy (non-hydrogen) atoms. The molecule has 0 amide bonds. The fourth-order valence-corrected chi connectivity index (χ4v) is 3.46. The van der Waals surface area contributed by atoms with E-state index in [9.17, 15) is 4.79 Å². The summed E-state index contributed by atoms with van der Waals surface area (Å²) in [5, 5.41) is -3.97. The normalized spacial score (nSPS) is 14.0. The highest BCUT2D eigenvalue weighted by Crippen LogP contribution is 2.39. The topological polar surface area (TPSA) is 91.3 Å². The second-order valence-corrected chi connectivity index (χ2v) is 7.57. The number of fused-ring (bicyclic) bond motifs is 4. The van der Waals surface area contributed by atoms with Gasteiger partial charge in [0, 0.05) is 29.1 Å². The number of H-pyrrole nitrogens is 1. The van der Waals surface area contributed by atoms with Gasteiger partial charge in [-0.3, -0.25) is 14.5 Å². The van der Waals surface area contributed by atoms with Crippen LogP contribution in [-0.4, -0.2) is 77.4 Å². The first-order valence-electron chi connectivity index (χ1n) is 9.68. The number of nitrogens with zero attached hydrogens (tertiary/aromatic N) is 3. The number of pyridine rings is 2. The van der Waals surface area contributed by atoms with Crippen LogP contribution >= 0.6 is 0 Å². The molecule has 1 aliphatic rings. The van der Waals surface area contributed by atoms with Crippen molar-refractivity contribution in [3.05, 3.63) is 46.9 Å². The summed E-state index contributed by atoms with van der Waals surface area (Å²) in [6.45, 7) is 0.662. The summed E-state index contributed by atoms with van der Waals surface area (Å²) >= 11 is 0. The van der Waals surface area contributed by atoms with E-state index >= 15 is 4.39 Å². The minimum atomic E-state index is -2.25. The van der Waals surface area contributed by atoms with E-state index in [1.165, 1.54) is 30.6 Å². The van der Waals surface area contributed by atoms with Crippen LogP contribution in [-0.2, 0) is 0 Å². The highest BCUT2D eigenvalue weighted by molar-refractivity contribution is 6.66. The fraction of sp³-hybridized carbons (Fsp3) is 0.211. The van der Waals surface area contributed by atoms with Crippen molar-refractivity contribution in [2.75, 3.05) is 13.2 Å². The third-order valence-electron chi connectivity index (χ3n) is 5.18. The van der Waals surface area contributed by atoms with E-state index in [1.807, 2.05) is 0 Å². The highest BCUT2D eigenvalue weighted by atomic mass is 19.1. The minimum absolute atomic E-state index is 0.0280. The van der Waals surface area contributed by atoms with E-state index in [1.54, 1.807) is 0 Å². The van der Waals surface area contributed by atoms with Crippen LogP contribution in [0.5, 0.6) is 17.2 Å². The zero-order valence-corrected chi connectivity index (χ0v) is 17.0. The van der Waals surface area contributed by atoms with Crippen molar-refractivity contribution in [2.24, 2.45) is 0 Å². The van der Waals surface area contributed by atoms with Crippen LogP contribution in [0.2, 0.25) is 5.11 Å². The minimum Gasteiger partial charge on any atom is -0.506 e. The number of halogens is 1. The molecule has 4 aromatic rings. The molecular formula is C19H10B5FN4O4. The van der Waals surface area contributed by atoms with E-state index < -0.39 is 22.0 Å². The Hall–Kier alpha value is -3.30. The zero-order valence-electron chi connectivity index (χ0n) is 17.0. The van der Waals surface area contributed by atoms with Gasteiger partial charge < -0.3 is 14.2 Å². The number of imidazole rings is 1. The van der Waals surface area contributed by atoms with Gasteiger partial charge in [0.1, 0.15) is 46.0 Å². The summed E-state index contributed by atoms with van der Waals surface area (Å²) < 4.78 is 33.0. The van der Waals surface area contributed by atoms with Gasteiger partial charge in [0.05, 0.1) is 40.9 Å². The van der Waals surface area contributed by atoms with E-state index in [2.05, 4.69) is 15.0 Å². The average Bonchev–Trinajstić information content (AvgIpc) is 3.08. The van der Waals surface area contributed by atoms with Crippen molar-refractivity contribution in [3.8, 4) is 22.9 Å². The second-order valence-electron chi connectivity index (χ2n) is 7.57. The standard InChI is InChI=1S/C19H10B5FN4O4/c20-18(21,22)19(23,24)33-12-1-2-26-16-14(12)29(17(30)28-16)11-5-8-10(6-9(11)25)27-7-13-15(8)32-4-3-31-13/h1-2,5-7H,3-4H2,(H,26,28,30). The lowest BCUT2D eigenvalue weighted by Crippen LogP contribution is -2.51. The van der Waals surface area contributed by atoms with Gasteiger partial charge in [-0.2, -0.15) is 0 Å². The highest BCUT2D eigenvalue weighted by Gasteiger charge is 2.33. The van der Waals surface area contributed by atoms with Gasteiger partial charge in [-0.05, 0) is 6.07 Å². The summed E-state index contributed by atoms with van der Waals surface area (Å²) in [6, 6.07) is 3.94. The smallest absolute Gasteiger partial charge is 0.332 e. The van der Waals surface area contributed by atoms with Gasteiger partial charge in [-0.15, -0.1) is 5.11 Å². The van der Waals surface area contributed by atoms with Gasteiger partial charge in [0.2, 0.25) is 0 Å². The Balaban J connectivity index is 1.76. The van der Waals surface area contributed by atoms with Crippen LogP contribution < -0.4 is 19.9 Å². The Bertz CT molecular complexity index is 1470. The average molecular weight is 431 g/mol. The molecule has 0 fully saturated rings. The summed E-state index contributed by atoms with van der Waals surface area (Å²) in [6.07, 6.45) is 2.77. The summed E-state index contributed by atoms with van der Waals surface area (Å²) in [5.41, 5.74) is -0.441. The molecule has 8 nitrogen and oxygen atoms in total. The second kappa shape index (κ2) is 7.36. The maximum atomic E-state index is 15.2. The molecule has 1 N–H and O–H groups in total. The molecule has 5 rings (SSSR count). The van der Waals surface area contributed by atoms with Crippen LogP contribution in [0.25, 0.3) is 27.8 Å². The molecule has 10 radical (unpaired) electrons. The maximum absolute atomic E-state index is 15.2. The van der Waals surface area contributed by atoms with E-state index in [-0.39, 0.29) is 22.6 Å². The van der Waals surface area contributed by atoms with Crippen LogP contribution in [0.4, 0.5) is 4.39 Å². The molecule has 0 saturated carbocycles. The quantitative estimate of drug-likeness (QED) is 0.462. The van der Waals surface area contributed by atoms with E-state index in [0.29, 0.717) is 35.6 Å². The van der Waals surface area contributed by atoms with Crippen molar-refractivity contribution in [2.45, 2.75) is 10.5 Å². The molecule has 14 heteroatoms. The van der Waals surface area contributed by atoms with E-state index in [4.69, 9.17) is 53.4 Å². The number of aromatic amines is 1. The van der Waals surface area contributed by atoms with Crippen LogP contribution in [0.3, 0.4) is 0 Å². The van der Waals surface area contributed by atoms with Crippen molar-refractivity contribution in [1.29, 1.82) is 0 Å². The number of aromatic nitrogens is 4. The molecule has 0 spiro atoms. The number of hydrogen-bond donors (Lipinski definition) is 1. The van der Waals surface area contributed by atoms with Crippen molar-refractivity contribution in [1.82, 2.24) is 19.5 Å². The van der Waals surface area contributed by atoms with Crippen molar-refractivity contribution in [3.63, 3.8) is 0 Å². The fourth-order valence-electron chi connectivity index (χ4n) is 3.46. The van der Waals surface area contributed by atoms with Crippen molar-refractivity contribution < 1.29 is 18.6 Å². The molecule has 0 unspecified atom stereocenters. The first-order valence-corrected chi connectivity index (χ1v) is 9.68. The summed E-state index contributed by atoms with van der Waals surface area (Å²) in [7, 11) is 28.5. The Morgan fingerprint density at radius 2 is 1.88 bits per heavy atom. The first kappa shape index (κ1) is 21.5. The third kappa shape index (κ3) is 3.48. The zero-order chi connectivity index (χ0) is 23.5. The molecule has 1 aliphatic heterocycles. The predicted molar refractivity (Wildman–Crippen MR) is 123 cm³/mol. The van der Waals surface area contributed by atoms with Crippen LogP contribution in [0.15, 0.2) is 35.4 Å². The maximum Gasteiger partial charge on any atom is 0.332 e. The molecule has 0 aliphatic carbocycles. The van der Waals surface area contributed by atoms with Gasteiger partial charge >= 0.3 is 5.69 Å². The monoisotopic (exact) mass is 432 g/mol. The number of nitrogens with one attached hydrogen (secondary N) is 1. The third-order valence-corrected chi connectivity index (χ3v) is 5.18. The molecule has 4 heterocycles. The Morgan fingerprint density at radius 3 is 2.64 bits per heavy atom. The summed E-state index contributed by atoms with van der Waals surface area (Å²) in [4.78, 5) is 23.7. The molecule has 0 atom stereocenters. The van der Waals surface area contributed by atoms with Crippen LogP contribution in [0.1, 0.15) is 0 Å². The number of benzene rings is 1. The Morgan fingerprint density at radius 1 is 1.12 bits per heavy atom. The van der Waals surface area contributed by atoms with Gasteiger partial charge in [-0.1, -0.05) is 0 Å². The van der Waals surface area contributed by atoms with Gasteiger partial charge in [0.15, 0.2) is 17.1 Å².